The first-order valence-corrected chi connectivity index (χ1v) is 8.46. The number of ether oxygens (including phenoxy) is 1. The van der Waals surface area contributed by atoms with E-state index in [0.717, 1.165) is 29.5 Å². The number of rotatable bonds is 6. The molecule has 1 aliphatic rings. The van der Waals surface area contributed by atoms with E-state index in [-0.39, 0.29) is 0 Å². The van der Waals surface area contributed by atoms with Crippen LogP contribution in [0.4, 0.5) is 4.79 Å². The first kappa shape index (κ1) is 17.0. The molecule has 0 atom stereocenters. The van der Waals surface area contributed by atoms with Gasteiger partial charge in [-0.3, -0.25) is 4.98 Å². The van der Waals surface area contributed by atoms with Gasteiger partial charge in [-0.15, -0.1) is 10.2 Å². The number of hydrogen-bond acceptors (Lipinski definition) is 6. The Morgan fingerprint density at radius 3 is 2.78 bits per heavy atom. The van der Waals surface area contributed by atoms with Gasteiger partial charge in [-0.1, -0.05) is 18.2 Å². The molecule has 0 spiro atoms. The summed E-state index contributed by atoms with van der Waals surface area (Å²) in [5.41, 5.74) is 2.24. The van der Waals surface area contributed by atoms with Crippen molar-refractivity contribution < 1.29 is 14.6 Å². The molecule has 1 fully saturated rings. The van der Waals surface area contributed by atoms with Crippen LogP contribution < -0.4 is 4.74 Å². The maximum Gasteiger partial charge on any atom is 0.407 e. The minimum Gasteiger partial charge on any atom is -0.490 e. The Morgan fingerprint density at radius 1 is 1.26 bits per heavy atom. The van der Waals surface area contributed by atoms with E-state index in [4.69, 9.17) is 4.74 Å². The lowest BCUT2D eigenvalue weighted by molar-refractivity contribution is 0.109. The van der Waals surface area contributed by atoms with Crippen molar-refractivity contribution in [2.45, 2.75) is 18.4 Å². The number of nitrogens with one attached hydrogen (secondary N) is 1. The molecule has 9 heteroatoms. The Bertz CT molecular complexity index is 955. The van der Waals surface area contributed by atoms with Crippen molar-refractivity contribution in [3.63, 3.8) is 0 Å². The van der Waals surface area contributed by atoms with Gasteiger partial charge in [0.15, 0.2) is 0 Å². The Hall–Kier alpha value is -3.49. The summed E-state index contributed by atoms with van der Waals surface area (Å²) in [7, 11) is 1.58. The molecule has 138 valence electrons. The number of tetrazole rings is 1. The van der Waals surface area contributed by atoms with Gasteiger partial charge in [0.1, 0.15) is 12.4 Å². The summed E-state index contributed by atoms with van der Waals surface area (Å²) in [5.74, 6) is 1.12. The van der Waals surface area contributed by atoms with Crippen LogP contribution in [0.1, 0.15) is 12.8 Å². The van der Waals surface area contributed by atoms with Crippen LogP contribution in [0, 0.1) is 0 Å². The van der Waals surface area contributed by atoms with Crippen LogP contribution in [0.15, 0.2) is 42.7 Å². The number of nitrogens with zero attached hydrogens (tertiary/aromatic N) is 5. The molecule has 0 bridgehead atoms. The first-order valence-electron chi connectivity index (χ1n) is 8.46. The van der Waals surface area contributed by atoms with Gasteiger partial charge in [0.25, 0.3) is 0 Å². The summed E-state index contributed by atoms with van der Waals surface area (Å²) in [5, 5.41) is 23.2. The third-order valence-corrected chi connectivity index (χ3v) is 4.85. The number of hydrogen-bond donors (Lipinski definition) is 2. The van der Waals surface area contributed by atoms with Crippen LogP contribution in [0.25, 0.3) is 22.5 Å². The normalized spacial score (nSPS) is 14.6. The second-order valence-corrected chi connectivity index (χ2v) is 6.58. The van der Waals surface area contributed by atoms with Gasteiger partial charge in [0.2, 0.25) is 5.82 Å². The van der Waals surface area contributed by atoms with Gasteiger partial charge in [-0.25, -0.2) is 4.79 Å². The lowest BCUT2D eigenvalue weighted by Gasteiger charge is -2.25. The number of likely N-dealkylation sites (N-methyl/N-ethyl adjacent to an activating group) is 1. The maximum absolute atomic E-state index is 11.2. The molecule has 9 nitrogen and oxygen atoms in total. The Kier molecular flexibility index (Phi) is 4.19. The zero-order valence-electron chi connectivity index (χ0n) is 14.7. The highest BCUT2D eigenvalue weighted by Gasteiger charge is 2.49. The largest absolute Gasteiger partial charge is 0.490 e. The molecule has 1 amide bonds. The maximum atomic E-state index is 11.2. The smallest absolute Gasteiger partial charge is 0.407 e. The quantitative estimate of drug-likeness (QED) is 0.688. The van der Waals surface area contributed by atoms with Crippen molar-refractivity contribution in [3.8, 4) is 28.3 Å². The molecular weight excluding hydrogens is 348 g/mol. The average Bonchev–Trinajstić information content (AvgIpc) is 3.28. The fourth-order valence-corrected chi connectivity index (χ4v) is 2.92. The number of amides is 1. The predicted octanol–water partition coefficient (Wildman–Crippen LogP) is 2.45. The number of carbonyl (C=O) groups is 1. The molecule has 0 aliphatic heterocycles. The SMILES string of the molecule is CN(C(=O)O)C1(COc2cncc(-c3cccc(-c4nn[nH]n4)c3)c2)CC1. The van der Waals surface area contributed by atoms with E-state index in [0.29, 0.717) is 18.2 Å². The van der Waals surface area contributed by atoms with Crippen LogP contribution in [-0.2, 0) is 0 Å². The molecular formula is C18H18N6O3. The van der Waals surface area contributed by atoms with E-state index in [1.54, 1.807) is 19.4 Å². The van der Waals surface area contributed by atoms with Crippen LogP contribution >= 0.6 is 0 Å². The Labute approximate surface area is 155 Å². The third-order valence-electron chi connectivity index (χ3n) is 4.85. The molecule has 4 rings (SSSR count). The van der Waals surface area contributed by atoms with Gasteiger partial charge in [0, 0.05) is 24.4 Å². The fraction of sp³-hybridized carbons (Fsp3) is 0.278. The average molecular weight is 366 g/mol. The van der Waals surface area contributed by atoms with Gasteiger partial charge < -0.3 is 14.7 Å². The van der Waals surface area contributed by atoms with E-state index >= 15 is 0 Å². The van der Waals surface area contributed by atoms with Crippen LogP contribution in [0.2, 0.25) is 0 Å². The van der Waals surface area contributed by atoms with Gasteiger partial charge >= 0.3 is 6.09 Å². The van der Waals surface area contributed by atoms with E-state index in [1.165, 1.54) is 4.90 Å². The molecule has 3 aromatic rings. The molecule has 0 saturated heterocycles. The summed E-state index contributed by atoms with van der Waals surface area (Å²) in [6, 6.07) is 9.62. The fourth-order valence-electron chi connectivity index (χ4n) is 2.92. The van der Waals surface area contributed by atoms with Crippen molar-refractivity contribution in [1.29, 1.82) is 0 Å². The minimum atomic E-state index is -0.943. The monoisotopic (exact) mass is 366 g/mol. The van der Waals surface area contributed by atoms with Crippen LogP contribution in [0.3, 0.4) is 0 Å². The summed E-state index contributed by atoms with van der Waals surface area (Å²) in [4.78, 5) is 16.8. The van der Waals surface area contributed by atoms with Gasteiger partial charge in [-0.2, -0.15) is 5.21 Å². The minimum absolute atomic E-state index is 0.309. The number of aromatic nitrogens is 5. The van der Waals surface area contributed by atoms with Crippen molar-refractivity contribution >= 4 is 6.09 Å². The van der Waals surface area contributed by atoms with E-state index in [1.807, 2.05) is 30.3 Å². The standard InChI is InChI=1S/C18H18N6O3/c1-24(17(25)26)18(5-6-18)11-27-15-8-14(9-19-10-15)12-3-2-4-13(7-12)16-20-22-23-21-16/h2-4,7-10H,5-6,11H2,1H3,(H,25,26)(H,20,21,22,23). The summed E-state index contributed by atoms with van der Waals surface area (Å²) >= 11 is 0. The van der Waals surface area contributed by atoms with Crippen molar-refractivity contribution in [2.24, 2.45) is 0 Å². The molecule has 2 heterocycles. The highest BCUT2D eigenvalue weighted by molar-refractivity contribution is 5.70. The summed E-state index contributed by atoms with van der Waals surface area (Å²) < 4.78 is 5.86. The number of pyridine rings is 1. The van der Waals surface area contributed by atoms with E-state index in [9.17, 15) is 9.90 Å². The van der Waals surface area contributed by atoms with Crippen molar-refractivity contribution in [2.75, 3.05) is 13.7 Å². The topological polar surface area (TPSA) is 117 Å². The number of H-pyrrole nitrogens is 1. The molecule has 2 aromatic heterocycles. The van der Waals surface area contributed by atoms with E-state index in [2.05, 4.69) is 25.6 Å². The molecule has 0 unspecified atom stereocenters. The van der Waals surface area contributed by atoms with Gasteiger partial charge in [0.05, 0.1) is 11.7 Å². The van der Waals surface area contributed by atoms with Crippen molar-refractivity contribution in [1.82, 2.24) is 30.5 Å². The summed E-state index contributed by atoms with van der Waals surface area (Å²) in [6.45, 7) is 0.309. The third kappa shape index (κ3) is 3.43. The predicted molar refractivity (Wildman–Crippen MR) is 96.1 cm³/mol. The molecule has 0 radical (unpaired) electrons. The highest BCUT2D eigenvalue weighted by atomic mass is 16.5. The van der Waals surface area contributed by atoms with Crippen LogP contribution in [-0.4, -0.2) is 60.9 Å². The molecule has 1 saturated carbocycles. The molecule has 1 aromatic carbocycles. The second-order valence-electron chi connectivity index (χ2n) is 6.58. The molecule has 1 aliphatic carbocycles. The second kappa shape index (κ2) is 6.67. The van der Waals surface area contributed by atoms with Gasteiger partial charge in [-0.05, 0) is 35.8 Å². The molecule has 2 N–H and O–H groups in total. The van der Waals surface area contributed by atoms with E-state index < -0.39 is 11.6 Å². The number of carboxylic acid groups (broad SMARTS) is 1. The summed E-state index contributed by atoms with van der Waals surface area (Å²) in [6.07, 6.45) is 4.04. The highest BCUT2D eigenvalue weighted by Crippen LogP contribution is 2.41. The van der Waals surface area contributed by atoms with Crippen LogP contribution in [0.5, 0.6) is 5.75 Å². The molecule has 27 heavy (non-hydrogen) atoms. The Morgan fingerprint density at radius 2 is 2.07 bits per heavy atom. The lowest BCUT2D eigenvalue weighted by atomic mass is 10.0. The lowest BCUT2D eigenvalue weighted by Crippen LogP contribution is -2.42. The number of aromatic amines is 1. The zero-order chi connectivity index (χ0) is 18.9. The first-order chi connectivity index (χ1) is 13.1. The Balaban J connectivity index is 1.52. The zero-order valence-corrected chi connectivity index (χ0v) is 14.7. The number of benzene rings is 1. The van der Waals surface area contributed by atoms with Crippen molar-refractivity contribution in [3.05, 3.63) is 42.7 Å².